The molecule has 0 radical (unpaired) electrons. The molecule has 1 heterocycles. The van der Waals surface area contributed by atoms with E-state index >= 15 is 0 Å². The van der Waals surface area contributed by atoms with E-state index in [4.69, 9.17) is 20.5 Å². The van der Waals surface area contributed by atoms with E-state index in [0.29, 0.717) is 34.3 Å². The number of nitrogens with two attached hydrogens (primary N) is 1. The number of ether oxygens (including phenoxy) is 2. The van der Waals surface area contributed by atoms with Gasteiger partial charge < -0.3 is 15.2 Å². The molecule has 6 heteroatoms. The highest BCUT2D eigenvalue weighted by molar-refractivity contribution is 5.54. The summed E-state index contributed by atoms with van der Waals surface area (Å²) in [6.07, 6.45) is 0. The smallest absolute Gasteiger partial charge is 0.241 e. The molecule has 2 aromatic rings. The molecular weight excluding hydrogens is 244 g/mol. The summed E-state index contributed by atoms with van der Waals surface area (Å²) in [5.74, 6) is 1.46. The van der Waals surface area contributed by atoms with Gasteiger partial charge in [-0.3, -0.25) is 0 Å². The number of aromatic nitrogens is 2. The minimum absolute atomic E-state index is 0.439. The van der Waals surface area contributed by atoms with Crippen LogP contribution < -0.4 is 15.2 Å². The van der Waals surface area contributed by atoms with Gasteiger partial charge >= 0.3 is 0 Å². The van der Waals surface area contributed by atoms with Gasteiger partial charge in [-0.15, -0.1) is 0 Å². The normalized spacial score (nSPS) is 10.0. The Bertz CT molecular complexity index is 655. The number of benzene rings is 1. The maximum atomic E-state index is 8.96. The first-order valence-corrected chi connectivity index (χ1v) is 5.61. The van der Waals surface area contributed by atoms with Gasteiger partial charge in [-0.05, 0) is 19.1 Å². The second-order valence-electron chi connectivity index (χ2n) is 4.04. The first-order chi connectivity index (χ1) is 9.05. The lowest BCUT2D eigenvalue weighted by atomic mass is 10.2. The fraction of sp³-hybridized carbons (Fsp3) is 0.231. The van der Waals surface area contributed by atoms with Crippen LogP contribution in [-0.2, 0) is 7.05 Å². The topological polar surface area (TPSA) is 86.1 Å². The van der Waals surface area contributed by atoms with E-state index in [0.717, 1.165) is 0 Å². The average molecular weight is 258 g/mol. The van der Waals surface area contributed by atoms with Gasteiger partial charge in [0, 0.05) is 13.1 Å². The molecule has 6 nitrogen and oxygen atoms in total. The second kappa shape index (κ2) is 4.90. The van der Waals surface area contributed by atoms with Crippen molar-refractivity contribution >= 4 is 5.69 Å². The first-order valence-electron chi connectivity index (χ1n) is 5.61. The minimum Gasteiger partial charge on any atom is -0.497 e. The molecule has 0 aliphatic heterocycles. The maximum Gasteiger partial charge on any atom is 0.241 e. The lowest BCUT2D eigenvalue weighted by Crippen LogP contribution is -1.97. The SMILES string of the molecule is COc1cc(C#N)cc(Oc2c(N)c(C)nn2C)c1. The molecule has 0 fully saturated rings. The number of aryl methyl sites for hydroxylation is 2. The van der Waals surface area contributed by atoms with Crippen molar-refractivity contribution < 1.29 is 9.47 Å². The Morgan fingerprint density at radius 3 is 2.53 bits per heavy atom. The largest absolute Gasteiger partial charge is 0.497 e. The zero-order valence-electron chi connectivity index (χ0n) is 11.0. The van der Waals surface area contributed by atoms with Gasteiger partial charge in [0.15, 0.2) is 0 Å². The third-order valence-electron chi connectivity index (χ3n) is 2.67. The third kappa shape index (κ3) is 2.45. The van der Waals surface area contributed by atoms with Crippen molar-refractivity contribution in [3.8, 4) is 23.4 Å². The molecule has 2 N–H and O–H groups in total. The van der Waals surface area contributed by atoms with Crippen LogP contribution in [0.25, 0.3) is 0 Å². The van der Waals surface area contributed by atoms with E-state index in [2.05, 4.69) is 5.10 Å². The molecule has 0 saturated carbocycles. The highest BCUT2D eigenvalue weighted by Gasteiger charge is 2.13. The highest BCUT2D eigenvalue weighted by Crippen LogP contribution is 2.31. The van der Waals surface area contributed by atoms with E-state index in [1.165, 1.54) is 7.11 Å². The molecule has 0 unspecified atom stereocenters. The molecule has 0 atom stereocenters. The van der Waals surface area contributed by atoms with Crippen LogP contribution in [-0.4, -0.2) is 16.9 Å². The number of anilines is 1. The van der Waals surface area contributed by atoms with Crippen LogP contribution in [0.2, 0.25) is 0 Å². The van der Waals surface area contributed by atoms with E-state index in [1.807, 2.05) is 6.07 Å². The molecular formula is C13H14N4O2. The third-order valence-corrected chi connectivity index (χ3v) is 2.67. The summed E-state index contributed by atoms with van der Waals surface area (Å²) in [6, 6.07) is 6.98. The standard InChI is InChI=1S/C13H14N4O2/c1-8-12(15)13(17(2)16-8)19-11-5-9(7-14)4-10(6-11)18-3/h4-6H,15H2,1-3H3. The molecule has 0 aliphatic carbocycles. The Morgan fingerprint density at radius 2 is 2.00 bits per heavy atom. The number of nitriles is 1. The molecule has 1 aromatic carbocycles. The predicted octanol–water partition coefficient (Wildman–Crippen LogP) is 1.98. The summed E-state index contributed by atoms with van der Waals surface area (Å²) in [4.78, 5) is 0. The summed E-state index contributed by atoms with van der Waals surface area (Å²) >= 11 is 0. The number of hydrogen-bond donors (Lipinski definition) is 1. The summed E-state index contributed by atoms with van der Waals surface area (Å²) in [5, 5.41) is 13.1. The summed E-state index contributed by atoms with van der Waals surface area (Å²) in [5.41, 5.74) is 7.51. The number of nitrogens with zero attached hydrogens (tertiary/aromatic N) is 3. The first kappa shape index (κ1) is 12.8. The average Bonchev–Trinajstić information content (AvgIpc) is 2.65. The van der Waals surface area contributed by atoms with Gasteiger partial charge in [0.05, 0.1) is 24.4 Å². The maximum absolute atomic E-state index is 8.96. The Labute approximate surface area is 111 Å². The zero-order chi connectivity index (χ0) is 14.0. The lowest BCUT2D eigenvalue weighted by molar-refractivity contribution is 0.402. The second-order valence-corrected chi connectivity index (χ2v) is 4.04. The van der Waals surface area contributed by atoms with Crippen molar-refractivity contribution in [2.24, 2.45) is 7.05 Å². The minimum atomic E-state index is 0.439. The van der Waals surface area contributed by atoms with Crippen LogP contribution in [0.3, 0.4) is 0 Å². The van der Waals surface area contributed by atoms with Crippen LogP contribution in [0.1, 0.15) is 11.3 Å². The Kier molecular flexibility index (Phi) is 3.29. The monoisotopic (exact) mass is 258 g/mol. The van der Waals surface area contributed by atoms with Gasteiger partial charge in [-0.25, -0.2) is 4.68 Å². The van der Waals surface area contributed by atoms with Crippen molar-refractivity contribution in [2.75, 3.05) is 12.8 Å². The molecule has 2 rings (SSSR count). The van der Waals surface area contributed by atoms with Gasteiger partial charge in [0.2, 0.25) is 5.88 Å². The zero-order valence-corrected chi connectivity index (χ0v) is 11.0. The molecule has 0 bridgehead atoms. The van der Waals surface area contributed by atoms with Gasteiger partial charge in [-0.1, -0.05) is 0 Å². The summed E-state index contributed by atoms with van der Waals surface area (Å²) in [6.45, 7) is 1.80. The predicted molar refractivity (Wildman–Crippen MR) is 70.1 cm³/mol. The highest BCUT2D eigenvalue weighted by atomic mass is 16.5. The van der Waals surface area contributed by atoms with Crippen LogP contribution in [0.4, 0.5) is 5.69 Å². The van der Waals surface area contributed by atoms with Crippen LogP contribution in [0.5, 0.6) is 17.4 Å². The molecule has 19 heavy (non-hydrogen) atoms. The molecule has 0 amide bonds. The lowest BCUT2D eigenvalue weighted by Gasteiger charge is -2.08. The van der Waals surface area contributed by atoms with E-state index in [9.17, 15) is 0 Å². The summed E-state index contributed by atoms with van der Waals surface area (Å²) in [7, 11) is 3.27. The number of methoxy groups -OCH3 is 1. The van der Waals surface area contributed by atoms with Crippen LogP contribution in [0, 0.1) is 18.3 Å². The van der Waals surface area contributed by atoms with Crippen molar-refractivity contribution in [1.29, 1.82) is 5.26 Å². The van der Waals surface area contributed by atoms with Crippen molar-refractivity contribution in [3.05, 3.63) is 29.5 Å². The van der Waals surface area contributed by atoms with Crippen molar-refractivity contribution in [2.45, 2.75) is 6.92 Å². The van der Waals surface area contributed by atoms with Gasteiger partial charge in [0.1, 0.15) is 17.2 Å². The molecule has 0 spiro atoms. The summed E-state index contributed by atoms with van der Waals surface area (Å²) < 4.78 is 12.4. The van der Waals surface area contributed by atoms with E-state index in [-0.39, 0.29) is 0 Å². The molecule has 1 aromatic heterocycles. The molecule has 0 saturated heterocycles. The number of nitrogen functional groups attached to an aromatic ring is 1. The van der Waals surface area contributed by atoms with Crippen molar-refractivity contribution in [3.63, 3.8) is 0 Å². The van der Waals surface area contributed by atoms with E-state index < -0.39 is 0 Å². The molecule has 0 aliphatic rings. The van der Waals surface area contributed by atoms with Gasteiger partial charge in [0.25, 0.3) is 0 Å². The van der Waals surface area contributed by atoms with Crippen molar-refractivity contribution in [1.82, 2.24) is 9.78 Å². The van der Waals surface area contributed by atoms with Crippen LogP contribution in [0.15, 0.2) is 18.2 Å². The van der Waals surface area contributed by atoms with E-state index in [1.54, 1.807) is 36.9 Å². The Hall–Kier alpha value is -2.68. The number of rotatable bonds is 3. The molecule has 98 valence electrons. The van der Waals surface area contributed by atoms with Gasteiger partial charge in [-0.2, -0.15) is 10.4 Å². The number of hydrogen-bond acceptors (Lipinski definition) is 5. The fourth-order valence-corrected chi connectivity index (χ4v) is 1.70. The Morgan fingerprint density at radius 1 is 1.32 bits per heavy atom. The quantitative estimate of drug-likeness (QED) is 0.909. The fourth-order valence-electron chi connectivity index (χ4n) is 1.70. The Balaban J connectivity index is 2.41. The van der Waals surface area contributed by atoms with Crippen LogP contribution >= 0.6 is 0 Å².